The lowest BCUT2D eigenvalue weighted by Gasteiger charge is -2.43. The molecule has 1 N–H and O–H groups in total. The van der Waals surface area contributed by atoms with Gasteiger partial charge in [-0.3, -0.25) is 0 Å². The van der Waals surface area contributed by atoms with Crippen LogP contribution in [-0.2, 0) is 5.60 Å². The van der Waals surface area contributed by atoms with E-state index < -0.39 is 5.60 Å². The molecule has 1 aromatic carbocycles. The summed E-state index contributed by atoms with van der Waals surface area (Å²) in [7, 11) is 3.28. The quantitative estimate of drug-likeness (QED) is 0.912. The van der Waals surface area contributed by atoms with Crippen LogP contribution in [0.15, 0.2) is 18.2 Å². The lowest BCUT2D eigenvalue weighted by molar-refractivity contribution is -0.0723. The molecule has 0 bridgehead atoms. The maximum Gasteiger partial charge on any atom is 0.122 e. The second kappa shape index (κ2) is 6.04. The van der Waals surface area contributed by atoms with Crippen molar-refractivity contribution in [2.45, 2.75) is 45.1 Å². The Morgan fingerprint density at radius 2 is 1.70 bits per heavy atom. The van der Waals surface area contributed by atoms with E-state index in [0.717, 1.165) is 36.3 Å². The van der Waals surface area contributed by atoms with E-state index in [0.29, 0.717) is 5.92 Å². The molecule has 3 nitrogen and oxygen atoms in total. The molecule has 0 saturated heterocycles. The van der Waals surface area contributed by atoms with Crippen molar-refractivity contribution in [1.82, 2.24) is 0 Å². The summed E-state index contributed by atoms with van der Waals surface area (Å²) in [5.74, 6) is 2.22. The van der Waals surface area contributed by atoms with Crippen molar-refractivity contribution in [3.05, 3.63) is 23.8 Å². The van der Waals surface area contributed by atoms with Crippen LogP contribution < -0.4 is 9.47 Å². The average Bonchev–Trinajstić information content (AvgIpc) is 2.46. The fourth-order valence-corrected chi connectivity index (χ4v) is 3.48. The van der Waals surface area contributed by atoms with Gasteiger partial charge in [-0.05, 0) is 42.4 Å². The van der Waals surface area contributed by atoms with Gasteiger partial charge in [0.15, 0.2) is 0 Å². The van der Waals surface area contributed by atoms with E-state index in [4.69, 9.17) is 9.47 Å². The number of benzene rings is 1. The van der Waals surface area contributed by atoms with Gasteiger partial charge in [-0.25, -0.2) is 0 Å². The van der Waals surface area contributed by atoms with Gasteiger partial charge in [-0.15, -0.1) is 0 Å². The lowest BCUT2D eigenvalue weighted by Crippen LogP contribution is -2.40. The van der Waals surface area contributed by atoms with Gasteiger partial charge in [-0.1, -0.05) is 26.7 Å². The molecule has 2 unspecified atom stereocenters. The molecule has 1 saturated carbocycles. The number of rotatable bonds is 4. The van der Waals surface area contributed by atoms with Crippen LogP contribution in [0.25, 0.3) is 0 Å². The molecule has 0 amide bonds. The molecule has 0 heterocycles. The van der Waals surface area contributed by atoms with Crippen LogP contribution in [0, 0.1) is 11.8 Å². The van der Waals surface area contributed by atoms with Crippen LogP contribution in [0.2, 0.25) is 0 Å². The van der Waals surface area contributed by atoms with Crippen molar-refractivity contribution in [3.63, 3.8) is 0 Å². The van der Waals surface area contributed by atoms with Crippen LogP contribution in [0.4, 0.5) is 0 Å². The lowest BCUT2D eigenvalue weighted by atomic mass is 9.67. The van der Waals surface area contributed by atoms with Gasteiger partial charge in [0.05, 0.1) is 19.8 Å². The fourth-order valence-electron chi connectivity index (χ4n) is 3.48. The number of ether oxygens (including phenoxy) is 2. The van der Waals surface area contributed by atoms with Gasteiger partial charge < -0.3 is 14.6 Å². The van der Waals surface area contributed by atoms with Gasteiger partial charge in [0.2, 0.25) is 0 Å². The maximum absolute atomic E-state index is 11.3. The Kier molecular flexibility index (Phi) is 4.59. The van der Waals surface area contributed by atoms with E-state index in [-0.39, 0.29) is 5.92 Å². The van der Waals surface area contributed by atoms with E-state index in [1.54, 1.807) is 14.2 Å². The van der Waals surface area contributed by atoms with Gasteiger partial charge in [0, 0.05) is 6.07 Å². The van der Waals surface area contributed by atoms with Gasteiger partial charge in [0.1, 0.15) is 11.5 Å². The summed E-state index contributed by atoms with van der Waals surface area (Å²) in [5.41, 5.74) is 0.154. The summed E-state index contributed by atoms with van der Waals surface area (Å²) in [6, 6.07) is 5.74. The van der Waals surface area contributed by atoms with Crippen LogP contribution in [0.5, 0.6) is 11.5 Å². The Balaban J connectivity index is 2.45. The molecule has 1 aliphatic rings. The minimum absolute atomic E-state index is 0.285. The SMILES string of the molecule is COc1cc(OC)cc(C2(O)CCCCC2C(C)C)c1. The maximum atomic E-state index is 11.3. The zero-order valence-electron chi connectivity index (χ0n) is 13.0. The van der Waals surface area contributed by atoms with Crippen molar-refractivity contribution < 1.29 is 14.6 Å². The van der Waals surface area contributed by atoms with Crippen LogP contribution in [0.3, 0.4) is 0 Å². The van der Waals surface area contributed by atoms with Gasteiger partial charge in [0.25, 0.3) is 0 Å². The van der Waals surface area contributed by atoms with Crippen LogP contribution in [-0.4, -0.2) is 19.3 Å². The van der Waals surface area contributed by atoms with E-state index in [1.165, 1.54) is 6.42 Å². The Morgan fingerprint density at radius 3 is 2.20 bits per heavy atom. The smallest absolute Gasteiger partial charge is 0.122 e. The fraction of sp³-hybridized carbons (Fsp3) is 0.647. The highest BCUT2D eigenvalue weighted by atomic mass is 16.5. The third kappa shape index (κ3) is 2.78. The molecule has 0 aromatic heterocycles. The number of aliphatic hydroxyl groups is 1. The zero-order valence-corrected chi connectivity index (χ0v) is 13.0. The second-order valence-electron chi connectivity index (χ2n) is 6.12. The summed E-state index contributed by atoms with van der Waals surface area (Å²) in [6.07, 6.45) is 4.16. The molecule has 20 heavy (non-hydrogen) atoms. The first-order chi connectivity index (χ1) is 9.51. The highest BCUT2D eigenvalue weighted by Crippen LogP contribution is 2.46. The summed E-state index contributed by atoms with van der Waals surface area (Å²) < 4.78 is 10.7. The summed E-state index contributed by atoms with van der Waals surface area (Å²) in [4.78, 5) is 0. The van der Waals surface area contributed by atoms with Gasteiger partial charge in [-0.2, -0.15) is 0 Å². The van der Waals surface area contributed by atoms with Gasteiger partial charge >= 0.3 is 0 Å². The second-order valence-corrected chi connectivity index (χ2v) is 6.12. The first-order valence-electron chi connectivity index (χ1n) is 7.47. The van der Waals surface area contributed by atoms with E-state index >= 15 is 0 Å². The predicted octanol–water partition coefficient (Wildman–Crippen LogP) is 3.74. The molecule has 0 spiro atoms. The van der Waals surface area contributed by atoms with E-state index in [2.05, 4.69) is 13.8 Å². The largest absolute Gasteiger partial charge is 0.497 e. The van der Waals surface area contributed by atoms with E-state index in [1.807, 2.05) is 18.2 Å². The topological polar surface area (TPSA) is 38.7 Å². The van der Waals surface area contributed by atoms with Crippen molar-refractivity contribution in [2.75, 3.05) is 14.2 Å². The van der Waals surface area contributed by atoms with Crippen LogP contribution in [0.1, 0.15) is 45.1 Å². The first-order valence-corrected chi connectivity index (χ1v) is 7.47. The highest BCUT2D eigenvalue weighted by molar-refractivity contribution is 5.41. The number of hydrogen-bond acceptors (Lipinski definition) is 3. The molecule has 1 aliphatic carbocycles. The molecular formula is C17H26O3. The molecule has 1 fully saturated rings. The Morgan fingerprint density at radius 1 is 1.10 bits per heavy atom. The normalized spacial score (nSPS) is 26.6. The predicted molar refractivity (Wildman–Crippen MR) is 80.2 cm³/mol. The number of hydrogen-bond donors (Lipinski definition) is 1. The van der Waals surface area contributed by atoms with Crippen LogP contribution >= 0.6 is 0 Å². The van der Waals surface area contributed by atoms with Crippen molar-refractivity contribution in [2.24, 2.45) is 11.8 Å². The number of methoxy groups -OCH3 is 2. The summed E-state index contributed by atoms with van der Waals surface area (Å²) in [6.45, 7) is 4.39. The Bertz CT molecular complexity index is 433. The standard InChI is InChI=1S/C17H26O3/c1-12(2)16-7-5-6-8-17(16,18)13-9-14(19-3)11-15(10-13)20-4/h9-12,16,18H,5-8H2,1-4H3. The molecule has 0 aliphatic heterocycles. The molecule has 2 atom stereocenters. The molecule has 1 aromatic rings. The molecular weight excluding hydrogens is 252 g/mol. The molecule has 112 valence electrons. The monoisotopic (exact) mass is 278 g/mol. The van der Waals surface area contributed by atoms with Crippen molar-refractivity contribution in [3.8, 4) is 11.5 Å². The highest BCUT2D eigenvalue weighted by Gasteiger charge is 2.42. The average molecular weight is 278 g/mol. The first kappa shape index (κ1) is 15.2. The minimum Gasteiger partial charge on any atom is -0.497 e. The Labute approximate surface area is 121 Å². The third-order valence-electron chi connectivity index (χ3n) is 4.59. The van der Waals surface area contributed by atoms with Crippen molar-refractivity contribution in [1.29, 1.82) is 0 Å². The summed E-state index contributed by atoms with van der Waals surface area (Å²) >= 11 is 0. The molecule has 2 rings (SSSR count). The molecule has 0 radical (unpaired) electrons. The summed E-state index contributed by atoms with van der Waals surface area (Å²) in [5, 5.41) is 11.3. The Hall–Kier alpha value is -1.22. The molecule has 3 heteroatoms. The zero-order chi connectivity index (χ0) is 14.8. The van der Waals surface area contributed by atoms with Crippen molar-refractivity contribution >= 4 is 0 Å². The minimum atomic E-state index is -0.770. The third-order valence-corrected chi connectivity index (χ3v) is 4.59. The van der Waals surface area contributed by atoms with E-state index in [9.17, 15) is 5.11 Å².